The van der Waals surface area contributed by atoms with E-state index in [1.165, 1.54) is 5.56 Å². The Kier molecular flexibility index (Phi) is 5.63. The Morgan fingerprint density at radius 1 is 1.26 bits per heavy atom. The highest BCUT2D eigenvalue weighted by Gasteiger charge is 2.14. The zero-order valence-corrected chi connectivity index (χ0v) is 11.7. The van der Waals surface area contributed by atoms with Crippen LogP contribution in [0.1, 0.15) is 12.5 Å². The number of nitrogens with zero attached hydrogens (tertiary/aromatic N) is 1. The molecule has 1 aliphatic heterocycles. The summed E-state index contributed by atoms with van der Waals surface area (Å²) in [5.41, 5.74) is 7.49. The van der Waals surface area contributed by atoms with Crippen LogP contribution in [0.15, 0.2) is 24.3 Å². The van der Waals surface area contributed by atoms with Gasteiger partial charge in [-0.25, -0.2) is 0 Å². The minimum atomic E-state index is 0.177. The second-order valence-corrected chi connectivity index (χ2v) is 4.95. The average Bonchev–Trinajstić information content (AvgIpc) is 2.42. The highest BCUT2D eigenvalue weighted by atomic mass is 16.5. The fourth-order valence-corrected chi connectivity index (χ4v) is 2.37. The zero-order valence-electron chi connectivity index (χ0n) is 11.7. The third kappa shape index (κ3) is 4.82. The van der Waals surface area contributed by atoms with E-state index >= 15 is 0 Å². The van der Waals surface area contributed by atoms with Crippen molar-refractivity contribution >= 4 is 0 Å². The number of morpholine rings is 1. The molecule has 1 fully saturated rings. The minimum absolute atomic E-state index is 0.177. The molecule has 19 heavy (non-hydrogen) atoms. The first-order valence-electron chi connectivity index (χ1n) is 7.05. The molecule has 1 heterocycles. The molecular formula is C15H24N2O2. The molecule has 106 valence electrons. The van der Waals surface area contributed by atoms with Gasteiger partial charge in [-0.15, -0.1) is 0 Å². The lowest BCUT2D eigenvalue weighted by atomic mass is 10.1. The van der Waals surface area contributed by atoms with Crippen LogP contribution in [0.5, 0.6) is 5.75 Å². The average molecular weight is 264 g/mol. The second kappa shape index (κ2) is 7.48. The monoisotopic (exact) mass is 264 g/mol. The Morgan fingerprint density at radius 3 is 2.58 bits per heavy atom. The summed E-state index contributed by atoms with van der Waals surface area (Å²) < 4.78 is 10.8. The number of ether oxygens (including phenoxy) is 2. The predicted molar refractivity (Wildman–Crippen MR) is 76.5 cm³/mol. The van der Waals surface area contributed by atoms with E-state index in [4.69, 9.17) is 15.2 Å². The van der Waals surface area contributed by atoms with Gasteiger partial charge in [0.25, 0.3) is 0 Å². The Labute approximate surface area is 115 Å². The van der Waals surface area contributed by atoms with Crippen molar-refractivity contribution in [3.05, 3.63) is 29.8 Å². The quantitative estimate of drug-likeness (QED) is 0.841. The van der Waals surface area contributed by atoms with Crippen LogP contribution in [-0.4, -0.2) is 50.4 Å². The van der Waals surface area contributed by atoms with Gasteiger partial charge in [-0.3, -0.25) is 4.90 Å². The first-order valence-corrected chi connectivity index (χ1v) is 7.05. The molecule has 2 rings (SSSR count). The molecule has 1 saturated heterocycles. The lowest BCUT2D eigenvalue weighted by molar-refractivity contribution is 0.0353. The Morgan fingerprint density at radius 2 is 1.95 bits per heavy atom. The van der Waals surface area contributed by atoms with E-state index in [2.05, 4.69) is 17.0 Å². The molecule has 4 heteroatoms. The molecule has 0 spiro atoms. The van der Waals surface area contributed by atoms with Gasteiger partial charge in [-0.2, -0.15) is 0 Å². The number of hydrogen-bond donors (Lipinski definition) is 1. The highest BCUT2D eigenvalue weighted by Crippen LogP contribution is 2.13. The van der Waals surface area contributed by atoms with Crippen LogP contribution in [0.4, 0.5) is 0 Å². The summed E-state index contributed by atoms with van der Waals surface area (Å²) in [5, 5.41) is 0. The van der Waals surface area contributed by atoms with Crippen molar-refractivity contribution in [3.8, 4) is 5.75 Å². The summed E-state index contributed by atoms with van der Waals surface area (Å²) in [7, 11) is 0. The molecule has 0 aromatic heterocycles. The Bertz CT molecular complexity index is 361. The van der Waals surface area contributed by atoms with Crippen LogP contribution in [0, 0.1) is 0 Å². The van der Waals surface area contributed by atoms with Crippen molar-refractivity contribution in [1.82, 2.24) is 4.90 Å². The molecule has 0 aliphatic carbocycles. The first kappa shape index (κ1) is 14.3. The molecule has 1 unspecified atom stereocenters. The summed E-state index contributed by atoms with van der Waals surface area (Å²) in [5.74, 6) is 0.924. The van der Waals surface area contributed by atoms with Crippen molar-refractivity contribution in [2.24, 2.45) is 5.73 Å². The van der Waals surface area contributed by atoms with E-state index in [1.54, 1.807) is 0 Å². The first-order chi connectivity index (χ1) is 9.28. The number of benzene rings is 1. The van der Waals surface area contributed by atoms with Gasteiger partial charge in [-0.1, -0.05) is 12.1 Å². The molecule has 1 atom stereocenters. The van der Waals surface area contributed by atoms with E-state index in [1.807, 2.05) is 19.1 Å². The van der Waals surface area contributed by atoms with Gasteiger partial charge in [0.2, 0.25) is 0 Å². The summed E-state index contributed by atoms with van der Waals surface area (Å²) in [6, 6.07) is 8.41. The number of rotatable bonds is 6. The second-order valence-electron chi connectivity index (χ2n) is 4.95. The molecule has 0 bridgehead atoms. The smallest absolute Gasteiger partial charge is 0.119 e. The molecule has 1 aliphatic rings. The van der Waals surface area contributed by atoms with Gasteiger partial charge >= 0.3 is 0 Å². The van der Waals surface area contributed by atoms with Crippen molar-refractivity contribution < 1.29 is 9.47 Å². The maximum atomic E-state index is 6.22. The third-order valence-electron chi connectivity index (χ3n) is 3.33. The van der Waals surface area contributed by atoms with Crippen molar-refractivity contribution in [1.29, 1.82) is 0 Å². The summed E-state index contributed by atoms with van der Waals surface area (Å²) in [6.07, 6.45) is 0.907. The maximum Gasteiger partial charge on any atom is 0.119 e. The van der Waals surface area contributed by atoms with Crippen LogP contribution in [0.25, 0.3) is 0 Å². The molecule has 0 radical (unpaired) electrons. The van der Waals surface area contributed by atoms with Crippen LogP contribution >= 0.6 is 0 Å². The summed E-state index contributed by atoms with van der Waals surface area (Å²) in [6.45, 7) is 7.29. The van der Waals surface area contributed by atoms with Gasteiger partial charge in [0.15, 0.2) is 0 Å². The van der Waals surface area contributed by atoms with Gasteiger partial charge < -0.3 is 15.2 Å². The fourth-order valence-electron chi connectivity index (χ4n) is 2.37. The van der Waals surface area contributed by atoms with Gasteiger partial charge in [0.05, 0.1) is 19.8 Å². The predicted octanol–water partition coefficient (Wildman–Crippen LogP) is 1.29. The fraction of sp³-hybridized carbons (Fsp3) is 0.600. The molecule has 1 aromatic carbocycles. The van der Waals surface area contributed by atoms with Gasteiger partial charge in [0.1, 0.15) is 5.75 Å². The lowest BCUT2D eigenvalue weighted by Crippen LogP contribution is -2.44. The van der Waals surface area contributed by atoms with Crippen molar-refractivity contribution in [3.63, 3.8) is 0 Å². The van der Waals surface area contributed by atoms with E-state index in [-0.39, 0.29) is 6.04 Å². The van der Waals surface area contributed by atoms with Crippen LogP contribution in [0.3, 0.4) is 0 Å². The summed E-state index contributed by atoms with van der Waals surface area (Å²) in [4.78, 5) is 2.38. The van der Waals surface area contributed by atoms with E-state index in [9.17, 15) is 0 Å². The third-order valence-corrected chi connectivity index (χ3v) is 3.33. The standard InChI is InChI=1S/C15H24N2O2/c1-2-19-15-5-3-13(4-6-15)11-14(16)12-17-7-9-18-10-8-17/h3-6,14H,2,7-12,16H2,1H3. The van der Waals surface area contributed by atoms with E-state index in [0.29, 0.717) is 6.61 Å². The largest absolute Gasteiger partial charge is 0.494 e. The Balaban J connectivity index is 1.78. The van der Waals surface area contributed by atoms with Crippen molar-refractivity contribution in [2.75, 3.05) is 39.5 Å². The highest BCUT2D eigenvalue weighted by molar-refractivity contribution is 5.27. The van der Waals surface area contributed by atoms with E-state index < -0.39 is 0 Å². The summed E-state index contributed by atoms with van der Waals surface area (Å²) >= 11 is 0. The normalized spacial score (nSPS) is 18.2. The molecule has 1 aromatic rings. The zero-order chi connectivity index (χ0) is 13.5. The van der Waals surface area contributed by atoms with Crippen LogP contribution in [-0.2, 0) is 11.2 Å². The molecule has 2 N–H and O–H groups in total. The lowest BCUT2D eigenvalue weighted by Gasteiger charge is -2.29. The molecule has 4 nitrogen and oxygen atoms in total. The van der Waals surface area contributed by atoms with Gasteiger partial charge in [0, 0.05) is 25.7 Å². The minimum Gasteiger partial charge on any atom is -0.494 e. The van der Waals surface area contributed by atoms with E-state index in [0.717, 1.165) is 45.0 Å². The molecular weight excluding hydrogens is 240 g/mol. The number of nitrogens with two attached hydrogens (primary N) is 1. The molecule has 0 amide bonds. The van der Waals surface area contributed by atoms with Crippen molar-refractivity contribution in [2.45, 2.75) is 19.4 Å². The Hall–Kier alpha value is -1.10. The SMILES string of the molecule is CCOc1ccc(CC(N)CN2CCOCC2)cc1. The van der Waals surface area contributed by atoms with Crippen LogP contribution in [0.2, 0.25) is 0 Å². The topological polar surface area (TPSA) is 47.7 Å². The maximum absolute atomic E-state index is 6.22. The number of hydrogen-bond acceptors (Lipinski definition) is 4. The molecule has 0 saturated carbocycles. The van der Waals surface area contributed by atoms with Crippen LogP contribution < -0.4 is 10.5 Å². The van der Waals surface area contributed by atoms with Gasteiger partial charge in [-0.05, 0) is 31.0 Å².